The lowest BCUT2D eigenvalue weighted by Gasteiger charge is -2.14. The van der Waals surface area contributed by atoms with Crippen molar-refractivity contribution in [1.82, 2.24) is 0 Å². The van der Waals surface area contributed by atoms with E-state index in [-0.39, 0.29) is 26.1 Å². The standard InChI is InChI=1S/C16H26O9S2/c1-2-3-6-23-14-11-15(24-7-4-9-26(17,18)19)13-16(12-14)25-8-5-10-27(20,21)22/h11-13H,2-10H2,1H3,(H,17,18,19)(H,20,21,22)/p-2. The van der Waals surface area contributed by atoms with Crippen molar-refractivity contribution in [3.8, 4) is 17.2 Å². The first kappa shape index (κ1) is 23.5. The van der Waals surface area contributed by atoms with Crippen LogP contribution < -0.4 is 14.2 Å². The van der Waals surface area contributed by atoms with E-state index in [2.05, 4.69) is 0 Å². The Bertz CT molecular complexity index is 715. The molecule has 0 atom stereocenters. The molecule has 0 heterocycles. The summed E-state index contributed by atoms with van der Waals surface area (Å²) in [7, 11) is -8.58. The molecule has 9 nitrogen and oxygen atoms in total. The Morgan fingerprint density at radius 3 is 1.33 bits per heavy atom. The molecule has 0 radical (unpaired) electrons. The van der Waals surface area contributed by atoms with Gasteiger partial charge < -0.3 is 23.3 Å². The van der Waals surface area contributed by atoms with Gasteiger partial charge in [0.25, 0.3) is 0 Å². The Labute approximate surface area is 160 Å². The van der Waals surface area contributed by atoms with Gasteiger partial charge in [-0.25, -0.2) is 16.8 Å². The molecule has 0 N–H and O–H groups in total. The van der Waals surface area contributed by atoms with E-state index in [0.717, 1.165) is 12.8 Å². The van der Waals surface area contributed by atoms with E-state index in [1.807, 2.05) is 6.92 Å². The van der Waals surface area contributed by atoms with Crippen LogP contribution in [0.4, 0.5) is 0 Å². The topological polar surface area (TPSA) is 142 Å². The van der Waals surface area contributed by atoms with Crippen LogP contribution in [0.15, 0.2) is 18.2 Å². The van der Waals surface area contributed by atoms with Crippen molar-refractivity contribution in [2.45, 2.75) is 32.6 Å². The van der Waals surface area contributed by atoms with Crippen molar-refractivity contribution in [3.05, 3.63) is 18.2 Å². The van der Waals surface area contributed by atoms with Gasteiger partial charge in [-0.1, -0.05) is 13.3 Å². The highest BCUT2D eigenvalue weighted by molar-refractivity contribution is 7.85. The molecule has 0 aliphatic heterocycles. The molecule has 11 heteroatoms. The minimum atomic E-state index is -4.29. The fourth-order valence-electron chi connectivity index (χ4n) is 1.98. The van der Waals surface area contributed by atoms with E-state index < -0.39 is 31.7 Å². The molecule has 0 saturated heterocycles. The van der Waals surface area contributed by atoms with Crippen LogP contribution in [-0.2, 0) is 20.2 Å². The molecule has 0 amide bonds. The minimum Gasteiger partial charge on any atom is -0.748 e. The number of ether oxygens (including phenoxy) is 3. The summed E-state index contributed by atoms with van der Waals surface area (Å²) in [5.74, 6) is 0.153. The minimum absolute atomic E-state index is 0.0216. The molecule has 0 aliphatic carbocycles. The monoisotopic (exact) mass is 424 g/mol. The van der Waals surface area contributed by atoms with Crippen LogP contribution in [0.1, 0.15) is 32.6 Å². The van der Waals surface area contributed by atoms with Gasteiger partial charge in [0, 0.05) is 29.7 Å². The highest BCUT2D eigenvalue weighted by atomic mass is 32.2. The quantitative estimate of drug-likeness (QED) is 0.320. The van der Waals surface area contributed by atoms with Crippen molar-refractivity contribution in [2.75, 3.05) is 31.3 Å². The summed E-state index contributed by atoms with van der Waals surface area (Å²) < 4.78 is 80.1. The van der Waals surface area contributed by atoms with Crippen molar-refractivity contribution >= 4 is 20.2 Å². The number of unbranched alkanes of at least 4 members (excludes halogenated alkanes) is 1. The first-order valence-corrected chi connectivity index (χ1v) is 11.6. The summed E-state index contributed by atoms with van der Waals surface area (Å²) in [6.07, 6.45) is 1.89. The predicted octanol–water partition coefficient (Wildman–Crippen LogP) is 1.49. The molecule has 0 aromatic heterocycles. The first-order chi connectivity index (χ1) is 12.6. The van der Waals surface area contributed by atoms with Crippen LogP contribution in [0, 0.1) is 0 Å². The Morgan fingerprint density at radius 1 is 0.704 bits per heavy atom. The highest BCUT2D eigenvalue weighted by Crippen LogP contribution is 2.28. The molecule has 0 spiro atoms. The lowest BCUT2D eigenvalue weighted by atomic mass is 10.3. The van der Waals surface area contributed by atoms with Gasteiger partial charge in [0.05, 0.1) is 40.1 Å². The van der Waals surface area contributed by atoms with Gasteiger partial charge in [-0.2, -0.15) is 0 Å². The molecule has 0 bridgehead atoms. The summed E-state index contributed by atoms with van der Waals surface area (Å²) in [4.78, 5) is 0. The molecule has 0 aliphatic rings. The molecule has 1 aromatic carbocycles. The molecule has 156 valence electrons. The molecule has 1 rings (SSSR count). The van der Waals surface area contributed by atoms with Crippen LogP contribution in [0.2, 0.25) is 0 Å². The van der Waals surface area contributed by atoms with Gasteiger partial charge >= 0.3 is 0 Å². The fraction of sp³-hybridized carbons (Fsp3) is 0.625. The van der Waals surface area contributed by atoms with Gasteiger partial charge in [0.15, 0.2) is 0 Å². The Balaban J connectivity index is 2.68. The zero-order valence-corrected chi connectivity index (χ0v) is 16.7. The third-order valence-corrected chi connectivity index (χ3v) is 4.81. The van der Waals surface area contributed by atoms with E-state index >= 15 is 0 Å². The maximum atomic E-state index is 10.6. The Kier molecular flexibility index (Phi) is 9.84. The maximum Gasteiger partial charge on any atom is 0.126 e. The van der Waals surface area contributed by atoms with Crippen LogP contribution in [0.3, 0.4) is 0 Å². The average Bonchev–Trinajstić information content (AvgIpc) is 2.54. The van der Waals surface area contributed by atoms with Gasteiger partial charge in [0.1, 0.15) is 17.2 Å². The largest absolute Gasteiger partial charge is 0.748 e. The molecular formula is C16H24O9S2-2. The lowest BCUT2D eigenvalue weighted by Crippen LogP contribution is -2.10. The summed E-state index contributed by atoms with van der Waals surface area (Å²) in [5.41, 5.74) is 0. The second-order valence-electron chi connectivity index (χ2n) is 5.77. The summed E-state index contributed by atoms with van der Waals surface area (Å²) in [5, 5.41) is 0. The third-order valence-electron chi connectivity index (χ3n) is 3.23. The van der Waals surface area contributed by atoms with Crippen molar-refractivity contribution in [1.29, 1.82) is 0 Å². The SMILES string of the molecule is CCCCOc1cc(OCCCS(=O)(=O)[O-])cc(OCCCS(=O)(=O)[O-])c1. The third kappa shape index (κ3) is 12.5. The average molecular weight is 424 g/mol. The normalized spacial score (nSPS) is 12.0. The van der Waals surface area contributed by atoms with Crippen molar-refractivity contribution in [2.24, 2.45) is 0 Å². The number of benzene rings is 1. The highest BCUT2D eigenvalue weighted by Gasteiger charge is 2.06. The van der Waals surface area contributed by atoms with E-state index in [4.69, 9.17) is 14.2 Å². The number of rotatable bonds is 14. The van der Waals surface area contributed by atoms with Gasteiger partial charge in [0.2, 0.25) is 0 Å². The second kappa shape index (κ2) is 11.3. The first-order valence-electron chi connectivity index (χ1n) is 8.49. The molecule has 0 saturated carbocycles. The zero-order valence-electron chi connectivity index (χ0n) is 15.1. The summed E-state index contributed by atoms with van der Waals surface area (Å²) >= 11 is 0. The molecule has 0 fully saturated rings. The van der Waals surface area contributed by atoms with Crippen molar-refractivity contribution < 1.29 is 40.2 Å². The summed E-state index contributed by atoms with van der Waals surface area (Å²) in [6, 6.07) is 4.75. The molecule has 0 unspecified atom stereocenters. The van der Waals surface area contributed by atoms with E-state index in [1.165, 1.54) is 6.07 Å². The van der Waals surface area contributed by atoms with E-state index in [9.17, 15) is 25.9 Å². The second-order valence-corrected chi connectivity index (χ2v) is 8.82. The molecular weight excluding hydrogens is 400 g/mol. The number of hydrogen-bond donors (Lipinski definition) is 0. The molecule has 1 aromatic rings. The maximum absolute atomic E-state index is 10.6. The zero-order chi connectivity index (χ0) is 20.3. The Morgan fingerprint density at radius 2 is 1.04 bits per heavy atom. The van der Waals surface area contributed by atoms with Crippen LogP contribution >= 0.6 is 0 Å². The van der Waals surface area contributed by atoms with Gasteiger partial charge in [-0.3, -0.25) is 0 Å². The van der Waals surface area contributed by atoms with Crippen molar-refractivity contribution in [3.63, 3.8) is 0 Å². The van der Waals surface area contributed by atoms with Crippen LogP contribution in [0.25, 0.3) is 0 Å². The number of hydrogen-bond acceptors (Lipinski definition) is 9. The van der Waals surface area contributed by atoms with Crippen LogP contribution in [0.5, 0.6) is 17.2 Å². The van der Waals surface area contributed by atoms with E-state index in [1.54, 1.807) is 12.1 Å². The lowest BCUT2D eigenvalue weighted by molar-refractivity contribution is 0.283. The Hall–Kier alpha value is -1.56. The fourth-order valence-corrected chi connectivity index (χ4v) is 2.92. The smallest absolute Gasteiger partial charge is 0.126 e. The van der Waals surface area contributed by atoms with E-state index in [0.29, 0.717) is 23.9 Å². The van der Waals surface area contributed by atoms with Gasteiger partial charge in [-0.05, 0) is 19.3 Å². The molecule has 27 heavy (non-hydrogen) atoms. The summed E-state index contributed by atoms with van der Waals surface area (Å²) in [6.45, 7) is 2.55. The predicted molar refractivity (Wildman–Crippen MR) is 96.2 cm³/mol. The van der Waals surface area contributed by atoms with Gasteiger partial charge in [-0.15, -0.1) is 0 Å². The van der Waals surface area contributed by atoms with Crippen LogP contribution in [-0.4, -0.2) is 57.3 Å².